The monoisotopic (exact) mass is 1320 g/mol. The van der Waals surface area contributed by atoms with Crippen molar-refractivity contribution in [2.45, 2.75) is 381 Å². The number of unbranched alkanes of at least 4 members (excludes halogenated alkanes) is 33. The quantitative estimate of drug-likeness (QED) is 0.0214. The van der Waals surface area contributed by atoms with Gasteiger partial charge in [-0.25, -0.2) is 4.79 Å². The highest BCUT2D eigenvalue weighted by atomic mass is 16.8. The van der Waals surface area contributed by atoms with Gasteiger partial charge in [0.1, 0.15) is 67.1 Å². The van der Waals surface area contributed by atoms with E-state index in [1.165, 1.54) is 161 Å². The number of carbonyl (C=O) groups is 3. The van der Waals surface area contributed by atoms with Crippen LogP contribution < -0.4 is 10.6 Å². The van der Waals surface area contributed by atoms with Crippen molar-refractivity contribution < 1.29 is 104 Å². The van der Waals surface area contributed by atoms with Gasteiger partial charge in [0.05, 0.1) is 50.7 Å². The molecule has 92 heavy (non-hydrogen) atoms. The lowest BCUT2D eigenvalue weighted by Crippen LogP contribution is -2.70. The number of carboxylic acid groups (broad SMARTS) is 1. The van der Waals surface area contributed by atoms with Gasteiger partial charge in [0.2, 0.25) is 11.8 Å². The van der Waals surface area contributed by atoms with E-state index < -0.39 is 148 Å². The topological polar surface area (TPSA) is 373 Å². The SMILES string of the molecule is CCCCCCCCCCCCCC/C=C\CCCCCCCCCCCCC(=O)NC(COC1OC(CO)C(OC2OC(CO)C(O)C(OC3(C(=O)O)CC(O)C(NC(C)=O)C(C(O)C(O)CO)O3)C2O)C(O)C1O)C(O)CCCCCCCCCCCCCC. The zero-order valence-corrected chi connectivity index (χ0v) is 56.4. The Labute approximate surface area is 550 Å². The third-order valence-corrected chi connectivity index (χ3v) is 18.5. The second-order valence-electron chi connectivity index (χ2n) is 26.5. The number of aliphatic hydroxyl groups excluding tert-OH is 11. The summed E-state index contributed by atoms with van der Waals surface area (Å²) in [5.74, 6) is -6.10. The summed E-state index contributed by atoms with van der Waals surface area (Å²) in [5.41, 5.74) is 0. The molecular weight excluding hydrogens is 1190 g/mol. The van der Waals surface area contributed by atoms with Gasteiger partial charge in [-0.15, -0.1) is 0 Å². The van der Waals surface area contributed by atoms with Gasteiger partial charge < -0.3 is 100 Å². The van der Waals surface area contributed by atoms with Gasteiger partial charge in [-0.3, -0.25) is 9.59 Å². The Morgan fingerprint density at radius 1 is 0.554 bits per heavy atom. The molecule has 0 aromatic carbocycles. The lowest BCUT2D eigenvalue weighted by atomic mass is 9.88. The number of amides is 2. The number of aliphatic carboxylic acids is 1. The average Bonchev–Trinajstić information content (AvgIpc) is 0.769. The van der Waals surface area contributed by atoms with Crippen LogP contribution in [0.4, 0.5) is 0 Å². The van der Waals surface area contributed by atoms with Crippen LogP contribution in [0.5, 0.6) is 0 Å². The Bertz CT molecular complexity index is 1910. The molecule has 3 aliphatic heterocycles. The van der Waals surface area contributed by atoms with Crippen molar-refractivity contribution in [3.63, 3.8) is 0 Å². The fraction of sp³-hybridized carbons (Fsp3) is 0.928. The number of carboxylic acids is 1. The molecule has 0 aromatic rings. The van der Waals surface area contributed by atoms with Gasteiger partial charge in [-0.05, 0) is 38.5 Å². The lowest BCUT2D eigenvalue weighted by molar-refractivity contribution is -0.386. The Hall–Kier alpha value is -2.53. The summed E-state index contributed by atoms with van der Waals surface area (Å²) < 4.78 is 34.8. The van der Waals surface area contributed by atoms with Crippen LogP contribution in [0.2, 0.25) is 0 Å². The van der Waals surface area contributed by atoms with E-state index in [4.69, 9.17) is 28.4 Å². The fourth-order valence-electron chi connectivity index (χ4n) is 12.7. The first-order valence-corrected chi connectivity index (χ1v) is 36.0. The highest BCUT2D eigenvalue weighted by Crippen LogP contribution is 2.39. The van der Waals surface area contributed by atoms with Gasteiger partial charge in [0.25, 0.3) is 5.79 Å². The van der Waals surface area contributed by atoms with Crippen LogP contribution in [-0.2, 0) is 42.8 Å². The fourth-order valence-corrected chi connectivity index (χ4v) is 12.7. The highest BCUT2D eigenvalue weighted by Gasteiger charge is 2.60. The number of ether oxygens (including phenoxy) is 6. The average molecular weight is 1320 g/mol. The third kappa shape index (κ3) is 31.8. The zero-order valence-electron chi connectivity index (χ0n) is 56.4. The molecular formula is C69H128N2O21. The summed E-state index contributed by atoms with van der Waals surface area (Å²) in [4.78, 5) is 38.5. The number of hydrogen-bond donors (Lipinski definition) is 14. The molecule has 18 unspecified atom stereocenters. The van der Waals surface area contributed by atoms with Crippen LogP contribution in [0, 0.1) is 0 Å². The second-order valence-corrected chi connectivity index (χ2v) is 26.5. The minimum absolute atomic E-state index is 0.224. The van der Waals surface area contributed by atoms with Gasteiger partial charge in [-0.2, -0.15) is 0 Å². The molecule has 3 saturated heterocycles. The third-order valence-electron chi connectivity index (χ3n) is 18.5. The Balaban J connectivity index is 1.53. The van der Waals surface area contributed by atoms with E-state index in [-0.39, 0.29) is 18.9 Å². The number of aliphatic hydroxyl groups is 11. The summed E-state index contributed by atoms with van der Waals surface area (Å²) in [6.07, 6.45) is 19.4. The summed E-state index contributed by atoms with van der Waals surface area (Å²) in [6.45, 7) is 2.20. The minimum atomic E-state index is -3.08. The molecule has 2 amide bonds. The van der Waals surface area contributed by atoms with Crippen molar-refractivity contribution in [3.05, 3.63) is 12.2 Å². The van der Waals surface area contributed by atoms with Crippen LogP contribution in [-0.4, -0.2) is 215 Å². The molecule has 540 valence electrons. The van der Waals surface area contributed by atoms with E-state index in [2.05, 4.69) is 36.6 Å². The van der Waals surface area contributed by atoms with Crippen molar-refractivity contribution in [1.29, 1.82) is 0 Å². The predicted molar refractivity (Wildman–Crippen MR) is 348 cm³/mol. The molecule has 3 fully saturated rings. The van der Waals surface area contributed by atoms with Gasteiger partial charge >= 0.3 is 5.97 Å². The van der Waals surface area contributed by atoms with Crippen molar-refractivity contribution in [3.8, 4) is 0 Å². The Morgan fingerprint density at radius 2 is 1.01 bits per heavy atom. The molecule has 0 saturated carbocycles. The van der Waals surface area contributed by atoms with Crippen LogP contribution in [0.15, 0.2) is 12.2 Å². The summed E-state index contributed by atoms with van der Waals surface area (Å²) >= 11 is 0. The molecule has 23 nitrogen and oxygen atoms in total. The molecule has 0 radical (unpaired) electrons. The van der Waals surface area contributed by atoms with Crippen molar-refractivity contribution >= 4 is 17.8 Å². The van der Waals surface area contributed by atoms with Crippen LogP contribution in [0.3, 0.4) is 0 Å². The molecule has 0 spiro atoms. The number of allylic oxidation sites excluding steroid dienone is 2. The van der Waals surface area contributed by atoms with E-state index in [9.17, 15) is 75.7 Å². The van der Waals surface area contributed by atoms with E-state index >= 15 is 0 Å². The zero-order chi connectivity index (χ0) is 67.5. The largest absolute Gasteiger partial charge is 0.477 e. The molecule has 0 bridgehead atoms. The van der Waals surface area contributed by atoms with E-state index in [1.54, 1.807) is 0 Å². The maximum atomic E-state index is 13.5. The van der Waals surface area contributed by atoms with Gasteiger partial charge in [-0.1, -0.05) is 225 Å². The predicted octanol–water partition coefficient (Wildman–Crippen LogP) is 7.07. The normalized spacial score (nSPS) is 28.3. The van der Waals surface area contributed by atoms with E-state index in [0.717, 1.165) is 64.7 Å². The smallest absolute Gasteiger partial charge is 0.364 e. The standard InChI is InChI=1S/C69H128N2O21/c1-4-6-8-10-12-14-16-18-19-20-21-22-23-24-25-26-27-28-29-30-31-33-35-37-39-41-43-56(79)71-50(51(76)42-40-38-36-34-32-17-15-13-11-9-7-5-2)48-87-66-61(83)60(82)63(55(47-74)89-66)90-67-62(84)65(59(81)54(46-73)88-67)92-69(68(85)86)44-52(77)57(70-49(3)75)64(91-69)58(80)53(78)45-72/h24-25,50-55,57-67,72-74,76-78,80-84H,4-23,26-48H2,1-3H3,(H,70,75)(H,71,79)(H,85,86)/b25-24-. The molecule has 23 heteroatoms. The van der Waals surface area contributed by atoms with Gasteiger partial charge in [0.15, 0.2) is 12.6 Å². The molecule has 0 aromatic heterocycles. The molecule has 18 atom stereocenters. The van der Waals surface area contributed by atoms with Crippen molar-refractivity contribution in [1.82, 2.24) is 10.6 Å². The van der Waals surface area contributed by atoms with E-state index in [1.807, 2.05) is 0 Å². The second kappa shape index (κ2) is 49.9. The van der Waals surface area contributed by atoms with E-state index in [0.29, 0.717) is 19.3 Å². The maximum Gasteiger partial charge on any atom is 0.364 e. The first-order chi connectivity index (χ1) is 44.4. The highest BCUT2D eigenvalue weighted by molar-refractivity contribution is 5.77. The Morgan fingerprint density at radius 3 is 1.47 bits per heavy atom. The summed E-state index contributed by atoms with van der Waals surface area (Å²) in [5, 5.41) is 136. The molecule has 14 N–H and O–H groups in total. The van der Waals surface area contributed by atoms with Crippen molar-refractivity contribution in [2.24, 2.45) is 0 Å². The molecule has 0 aliphatic carbocycles. The maximum absolute atomic E-state index is 13.5. The number of nitrogens with one attached hydrogen (secondary N) is 2. The van der Waals surface area contributed by atoms with Crippen molar-refractivity contribution in [2.75, 3.05) is 26.4 Å². The molecule has 3 rings (SSSR count). The van der Waals surface area contributed by atoms with Gasteiger partial charge in [0, 0.05) is 19.8 Å². The molecule has 3 heterocycles. The summed E-state index contributed by atoms with van der Waals surface area (Å²) in [7, 11) is 0. The summed E-state index contributed by atoms with van der Waals surface area (Å²) in [6, 6.07) is -2.53. The lowest BCUT2D eigenvalue weighted by Gasteiger charge is -2.50. The first-order valence-electron chi connectivity index (χ1n) is 36.0. The molecule has 3 aliphatic rings. The van der Waals surface area contributed by atoms with Crippen LogP contribution in [0.1, 0.15) is 271 Å². The minimum Gasteiger partial charge on any atom is -0.477 e. The first kappa shape index (κ1) is 83.7. The van der Waals surface area contributed by atoms with Crippen LogP contribution >= 0.6 is 0 Å². The number of hydrogen-bond acceptors (Lipinski definition) is 20. The Kier molecular flexibility index (Phi) is 45.4. The van der Waals surface area contributed by atoms with Crippen LogP contribution in [0.25, 0.3) is 0 Å². The number of carbonyl (C=O) groups excluding carboxylic acids is 2. The number of rotatable bonds is 55.